The molecule has 0 bridgehead atoms. The van der Waals surface area contributed by atoms with Gasteiger partial charge in [0.25, 0.3) is 0 Å². The minimum absolute atomic E-state index is 0. The van der Waals surface area contributed by atoms with E-state index < -0.39 is 11.7 Å². The molecule has 1 rings (SSSR count). The predicted octanol–water partition coefficient (Wildman–Crippen LogP) is 2.74. The molecule has 0 aromatic carbocycles. The first-order valence-corrected chi connectivity index (χ1v) is 9.32. The van der Waals surface area contributed by atoms with Gasteiger partial charge in [-0.3, -0.25) is 0 Å². The Morgan fingerprint density at radius 2 is 1.89 bits per heavy atom. The van der Waals surface area contributed by atoms with Crippen LogP contribution in [0.2, 0.25) is 0 Å². The quantitative estimate of drug-likeness (QED) is 0.218. The van der Waals surface area contributed by atoms with Crippen molar-refractivity contribution in [3.8, 4) is 0 Å². The molecule has 3 N–H and O–H groups in total. The molecule has 0 atom stereocenters. The summed E-state index contributed by atoms with van der Waals surface area (Å²) in [5.74, 6) is 1.66. The monoisotopic (exact) mass is 506 g/mol. The molecule has 9 heteroatoms. The van der Waals surface area contributed by atoms with E-state index in [0.717, 1.165) is 30.3 Å². The lowest BCUT2D eigenvalue weighted by Gasteiger charge is -2.19. The number of carbonyl (C=O) groups is 1. The number of aliphatic imine (C=N–C) groups is 1. The number of alkyl carbamates (subject to hydrolysis) is 1. The number of pyridine rings is 1. The summed E-state index contributed by atoms with van der Waals surface area (Å²) < 4.78 is 5.20. The highest BCUT2D eigenvalue weighted by atomic mass is 127. The Morgan fingerprint density at radius 3 is 2.50 bits per heavy atom. The van der Waals surface area contributed by atoms with Crippen molar-refractivity contribution >= 4 is 41.8 Å². The van der Waals surface area contributed by atoms with Gasteiger partial charge in [0.1, 0.15) is 11.4 Å². The Kier molecular flexibility index (Phi) is 12.6. The van der Waals surface area contributed by atoms with Gasteiger partial charge in [-0.15, -0.1) is 24.0 Å². The van der Waals surface area contributed by atoms with Gasteiger partial charge in [0.15, 0.2) is 5.96 Å². The number of halogens is 1. The minimum atomic E-state index is -0.480. The molecule has 0 saturated carbocycles. The third-order valence-corrected chi connectivity index (χ3v) is 3.35. The Hall–Kier alpha value is -1.78. The number of nitrogens with zero attached hydrogens (tertiary/aromatic N) is 3. The van der Waals surface area contributed by atoms with Crippen LogP contribution in [0.1, 0.15) is 39.7 Å². The average Bonchev–Trinajstić information content (AvgIpc) is 2.58. The molecule has 0 fully saturated rings. The van der Waals surface area contributed by atoms with Crippen molar-refractivity contribution in [2.75, 3.05) is 38.6 Å². The van der Waals surface area contributed by atoms with Gasteiger partial charge in [-0.25, -0.2) is 14.8 Å². The maximum atomic E-state index is 11.6. The highest BCUT2D eigenvalue weighted by molar-refractivity contribution is 14.0. The second kappa shape index (κ2) is 13.4. The molecule has 1 aromatic rings. The van der Waals surface area contributed by atoms with Gasteiger partial charge >= 0.3 is 6.09 Å². The standard InChI is InChI=1S/C19H34N6O2.HI/c1-7-20-17(22-10-8-11-23-18(26)27-19(2,3)4)24-14-15-9-12-21-16(13-15)25(5)6;/h9,12-13H,7-8,10-11,14H2,1-6H3,(H,23,26)(H2,20,22,24);1H. The zero-order chi connectivity index (χ0) is 20.3. The first-order valence-electron chi connectivity index (χ1n) is 9.32. The van der Waals surface area contributed by atoms with Crippen molar-refractivity contribution in [3.63, 3.8) is 0 Å². The number of hydrogen-bond donors (Lipinski definition) is 3. The van der Waals surface area contributed by atoms with Gasteiger partial charge in [-0.2, -0.15) is 0 Å². The number of ether oxygens (including phenoxy) is 1. The van der Waals surface area contributed by atoms with Gasteiger partial charge in [0.05, 0.1) is 6.54 Å². The van der Waals surface area contributed by atoms with E-state index in [-0.39, 0.29) is 24.0 Å². The lowest BCUT2D eigenvalue weighted by atomic mass is 10.2. The number of nitrogens with one attached hydrogen (secondary N) is 3. The van der Waals surface area contributed by atoms with Gasteiger partial charge in [-0.1, -0.05) is 0 Å². The Bertz CT molecular complexity index is 617. The Labute approximate surface area is 185 Å². The summed E-state index contributed by atoms with van der Waals surface area (Å²) >= 11 is 0. The van der Waals surface area contributed by atoms with E-state index in [4.69, 9.17) is 4.74 Å². The van der Waals surface area contributed by atoms with Crippen molar-refractivity contribution in [2.24, 2.45) is 4.99 Å². The maximum absolute atomic E-state index is 11.6. The summed E-state index contributed by atoms with van der Waals surface area (Å²) in [5.41, 5.74) is 0.615. The van der Waals surface area contributed by atoms with E-state index in [1.165, 1.54) is 0 Å². The van der Waals surface area contributed by atoms with Crippen LogP contribution in [-0.4, -0.2) is 56.4 Å². The molecular formula is C19H35IN6O2. The normalized spacial score (nSPS) is 11.3. The number of carbonyl (C=O) groups excluding carboxylic acids is 1. The first-order chi connectivity index (χ1) is 12.7. The Morgan fingerprint density at radius 1 is 1.21 bits per heavy atom. The van der Waals surface area contributed by atoms with Crippen molar-refractivity contribution < 1.29 is 9.53 Å². The fourth-order valence-electron chi connectivity index (χ4n) is 2.12. The van der Waals surface area contributed by atoms with E-state index in [9.17, 15) is 4.79 Å². The fraction of sp³-hybridized carbons (Fsp3) is 0.632. The molecule has 160 valence electrons. The lowest BCUT2D eigenvalue weighted by molar-refractivity contribution is 0.0527. The second-order valence-corrected chi connectivity index (χ2v) is 7.32. The summed E-state index contributed by atoms with van der Waals surface area (Å²) in [4.78, 5) is 22.5. The summed E-state index contributed by atoms with van der Waals surface area (Å²) in [6, 6.07) is 3.99. The number of rotatable bonds is 8. The topological polar surface area (TPSA) is 90.9 Å². The predicted molar refractivity (Wildman–Crippen MR) is 126 cm³/mol. The van der Waals surface area contributed by atoms with Gasteiger partial charge in [0, 0.05) is 39.9 Å². The van der Waals surface area contributed by atoms with Crippen LogP contribution in [0, 0.1) is 0 Å². The summed E-state index contributed by atoms with van der Waals surface area (Å²) in [5, 5.41) is 9.24. The van der Waals surface area contributed by atoms with Crippen molar-refractivity contribution in [2.45, 2.75) is 46.3 Å². The molecule has 0 spiro atoms. The van der Waals surface area contributed by atoms with Crippen LogP contribution in [0.5, 0.6) is 0 Å². The molecule has 0 saturated heterocycles. The van der Waals surface area contributed by atoms with Gasteiger partial charge in [0.2, 0.25) is 0 Å². The molecule has 8 nitrogen and oxygen atoms in total. The Balaban J connectivity index is 0.00000729. The van der Waals surface area contributed by atoms with Crippen LogP contribution in [0.4, 0.5) is 10.6 Å². The molecule has 0 aliphatic carbocycles. The third kappa shape index (κ3) is 11.8. The summed E-state index contributed by atoms with van der Waals surface area (Å²) in [6.07, 6.45) is 2.17. The van der Waals surface area contributed by atoms with Crippen molar-refractivity contribution in [1.29, 1.82) is 0 Å². The molecule has 0 aliphatic rings. The van der Waals surface area contributed by atoms with Gasteiger partial charge in [-0.05, 0) is 51.8 Å². The highest BCUT2D eigenvalue weighted by Crippen LogP contribution is 2.10. The van der Waals surface area contributed by atoms with E-state index in [2.05, 4.69) is 25.9 Å². The van der Waals surface area contributed by atoms with Crippen molar-refractivity contribution in [1.82, 2.24) is 20.9 Å². The molecular weight excluding hydrogens is 471 g/mol. The summed E-state index contributed by atoms with van der Waals surface area (Å²) in [6.45, 7) is 10.1. The molecule has 0 unspecified atom stereocenters. The maximum Gasteiger partial charge on any atom is 0.407 e. The SMILES string of the molecule is CCNC(=NCc1ccnc(N(C)C)c1)NCCCNC(=O)OC(C)(C)C.I. The van der Waals surface area contributed by atoms with Crippen molar-refractivity contribution in [3.05, 3.63) is 23.9 Å². The van der Waals surface area contributed by atoms with Crippen LogP contribution in [0.25, 0.3) is 0 Å². The number of aromatic nitrogens is 1. The van der Waals surface area contributed by atoms with Crippen LogP contribution < -0.4 is 20.9 Å². The summed E-state index contributed by atoms with van der Waals surface area (Å²) in [7, 11) is 3.93. The number of hydrogen-bond acceptors (Lipinski definition) is 5. The van der Waals surface area contributed by atoms with Gasteiger partial charge < -0.3 is 25.6 Å². The molecule has 0 aliphatic heterocycles. The first kappa shape index (κ1) is 26.2. The lowest BCUT2D eigenvalue weighted by Crippen LogP contribution is -2.39. The molecule has 1 amide bonds. The third-order valence-electron chi connectivity index (χ3n) is 3.35. The van der Waals surface area contributed by atoms with Crippen LogP contribution >= 0.6 is 24.0 Å². The van der Waals surface area contributed by atoms with Crippen LogP contribution in [0.15, 0.2) is 23.3 Å². The smallest absolute Gasteiger partial charge is 0.407 e. The zero-order valence-electron chi connectivity index (χ0n) is 17.8. The van der Waals surface area contributed by atoms with E-state index >= 15 is 0 Å². The number of anilines is 1. The minimum Gasteiger partial charge on any atom is -0.444 e. The molecule has 1 heterocycles. The molecule has 0 radical (unpaired) electrons. The largest absolute Gasteiger partial charge is 0.444 e. The zero-order valence-corrected chi connectivity index (χ0v) is 20.2. The van der Waals surface area contributed by atoms with Crippen LogP contribution in [-0.2, 0) is 11.3 Å². The van der Waals surface area contributed by atoms with E-state index in [1.807, 2.05) is 58.8 Å². The fourth-order valence-corrected chi connectivity index (χ4v) is 2.12. The average molecular weight is 506 g/mol. The second-order valence-electron chi connectivity index (χ2n) is 7.32. The van der Waals surface area contributed by atoms with Crippen LogP contribution in [0.3, 0.4) is 0 Å². The van der Waals surface area contributed by atoms with E-state index in [1.54, 1.807) is 6.20 Å². The highest BCUT2D eigenvalue weighted by Gasteiger charge is 2.15. The van der Waals surface area contributed by atoms with E-state index in [0.29, 0.717) is 19.6 Å². The molecule has 1 aromatic heterocycles. The number of guanidine groups is 1. The number of amides is 1. The molecule has 28 heavy (non-hydrogen) atoms.